The van der Waals surface area contributed by atoms with E-state index in [1.165, 1.54) is 148 Å². The van der Waals surface area contributed by atoms with Gasteiger partial charge in [-0.1, -0.05) is 181 Å². The predicted octanol–water partition coefficient (Wildman–Crippen LogP) is 13.8. The molecule has 0 bridgehead atoms. The predicted molar refractivity (Wildman–Crippen MR) is 207 cm³/mol. The standard InChI is InChI=1S/C43H85NO3/c1-5-9-13-16-18-19-20-21-22-23-24-25-26-27-29-33-39-44(40-34-35-41-45)47-42(46)43(36-30-12-8-4,37-31-15-11-7-3)38-32-28-17-14-10-6-2/h21-22,45H,5-20,23-41H2,1-4H3. The molecule has 1 N–H and O–H groups in total. The highest BCUT2D eigenvalue weighted by molar-refractivity contribution is 5.76. The Bertz CT molecular complexity index is 665. The highest BCUT2D eigenvalue weighted by atomic mass is 16.7. The number of rotatable bonds is 38. The van der Waals surface area contributed by atoms with Crippen LogP contribution in [0, 0.1) is 5.41 Å². The largest absolute Gasteiger partial charge is 0.396 e. The van der Waals surface area contributed by atoms with E-state index >= 15 is 0 Å². The Balaban J connectivity index is 4.87. The maximum atomic E-state index is 14.2. The van der Waals surface area contributed by atoms with Gasteiger partial charge in [-0.05, 0) is 64.2 Å². The zero-order valence-electron chi connectivity index (χ0n) is 32.6. The molecule has 0 aliphatic rings. The third kappa shape index (κ3) is 28.7. The number of hydroxylamine groups is 2. The quantitative estimate of drug-likeness (QED) is 0.0406. The number of aliphatic hydroxyl groups excluding tert-OH is 1. The van der Waals surface area contributed by atoms with Crippen LogP contribution < -0.4 is 0 Å². The van der Waals surface area contributed by atoms with E-state index in [0.29, 0.717) is 0 Å². The molecule has 4 heteroatoms. The lowest BCUT2D eigenvalue weighted by atomic mass is 9.74. The maximum absolute atomic E-state index is 14.2. The fraction of sp³-hybridized carbons (Fsp3) is 0.930. The zero-order valence-corrected chi connectivity index (χ0v) is 32.6. The Morgan fingerprint density at radius 2 is 0.830 bits per heavy atom. The van der Waals surface area contributed by atoms with Gasteiger partial charge in [-0.15, -0.1) is 5.06 Å². The van der Waals surface area contributed by atoms with Crippen molar-refractivity contribution in [1.82, 2.24) is 5.06 Å². The van der Waals surface area contributed by atoms with Gasteiger partial charge in [-0.25, -0.2) is 4.79 Å². The highest BCUT2D eigenvalue weighted by Gasteiger charge is 2.39. The van der Waals surface area contributed by atoms with Crippen LogP contribution in [0.2, 0.25) is 0 Å². The summed E-state index contributed by atoms with van der Waals surface area (Å²) >= 11 is 0. The second-order valence-electron chi connectivity index (χ2n) is 14.7. The zero-order chi connectivity index (χ0) is 34.5. The molecule has 0 fully saturated rings. The van der Waals surface area contributed by atoms with Crippen LogP contribution in [-0.2, 0) is 9.63 Å². The first-order chi connectivity index (χ1) is 23.1. The molecule has 280 valence electrons. The first-order valence-electron chi connectivity index (χ1n) is 21.3. The summed E-state index contributed by atoms with van der Waals surface area (Å²) in [7, 11) is 0. The second kappa shape index (κ2) is 36.4. The molecule has 0 saturated carbocycles. The lowest BCUT2D eigenvalue weighted by Gasteiger charge is -2.34. The first kappa shape index (κ1) is 46.1. The third-order valence-corrected chi connectivity index (χ3v) is 10.2. The molecule has 0 aromatic heterocycles. The summed E-state index contributed by atoms with van der Waals surface area (Å²) in [5.74, 6) is 0.0483. The Hall–Kier alpha value is -0.870. The smallest absolute Gasteiger partial charge is 0.331 e. The molecule has 1 atom stereocenters. The number of allylic oxidation sites excluding steroid dienone is 2. The van der Waals surface area contributed by atoms with Crippen LogP contribution >= 0.6 is 0 Å². The minimum atomic E-state index is -0.341. The molecule has 0 aliphatic heterocycles. The number of unbranched alkanes of at least 4 members (excludes halogenated alkanes) is 23. The summed E-state index contributed by atoms with van der Waals surface area (Å²) in [5, 5.41) is 11.4. The van der Waals surface area contributed by atoms with E-state index in [1.807, 2.05) is 5.06 Å². The number of nitrogens with zero attached hydrogens (tertiary/aromatic N) is 1. The molecule has 0 heterocycles. The van der Waals surface area contributed by atoms with E-state index in [1.54, 1.807) is 0 Å². The number of aliphatic hydroxyl groups is 1. The summed E-state index contributed by atoms with van der Waals surface area (Å²) in [6.45, 7) is 10.8. The minimum absolute atomic E-state index is 0.0483. The van der Waals surface area contributed by atoms with Gasteiger partial charge in [0.05, 0.1) is 5.41 Å². The summed E-state index contributed by atoms with van der Waals surface area (Å²) in [6.07, 6.45) is 43.4. The van der Waals surface area contributed by atoms with E-state index in [-0.39, 0.29) is 18.0 Å². The number of carbonyl (C=O) groups is 1. The molecular formula is C43H85NO3. The average Bonchev–Trinajstić information content (AvgIpc) is 3.07. The molecule has 0 radical (unpaired) electrons. The molecule has 0 aliphatic carbocycles. The van der Waals surface area contributed by atoms with Crippen molar-refractivity contribution in [2.45, 2.75) is 233 Å². The Labute approximate surface area is 295 Å². The number of hydrogen-bond acceptors (Lipinski definition) is 4. The molecular weight excluding hydrogens is 578 g/mol. The van der Waals surface area contributed by atoms with E-state index in [4.69, 9.17) is 4.84 Å². The summed E-state index contributed by atoms with van der Waals surface area (Å²) in [5.41, 5.74) is -0.341. The monoisotopic (exact) mass is 664 g/mol. The van der Waals surface area contributed by atoms with Crippen LogP contribution in [0.3, 0.4) is 0 Å². The molecule has 0 spiro atoms. The minimum Gasteiger partial charge on any atom is -0.396 e. The van der Waals surface area contributed by atoms with Crippen LogP contribution in [-0.4, -0.2) is 35.8 Å². The number of carbonyl (C=O) groups excluding carboxylic acids is 1. The fourth-order valence-electron chi connectivity index (χ4n) is 6.88. The van der Waals surface area contributed by atoms with Crippen molar-refractivity contribution in [1.29, 1.82) is 0 Å². The summed E-state index contributed by atoms with van der Waals surface area (Å²) in [4.78, 5) is 20.6. The summed E-state index contributed by atoms with van der Waals surface area (Å²) in [6, 6.07) is 0. The lowest BCUT2D eigenvalue weighted by Crippen LogP contribution is -2.39. The molecule has 0 aromatic rings. The van der Waals surface area contributed by atoms with Crippen molar-refractivity contribution < 1.29 is 14.7 Å². The van der Waals surface area contributed by atoms with E-state index in [2.05, 4.69) is 39.8 Å². The normalized spacial score (nSPS) is 13.1. The van der Waals surface area contributed by atoms with E-state index < -0.39 is 0 Å². The third-order valence-electron chi connectivity index (χ3n) is 10.2. The first-order valence-corrected chi connectivity index (χ1v) is 21.3. The topological polar surface area (TPSA) is 49.8 Å². The van der Waals surface area contributed by atoms with Gasteiger partial charge in [-0.2, -0.15) is 0 Å². The second-order valence-corrected chi connectivity index (χ2v) is 14.7. The van der Waals surface area contributed by atoms with Crippen LogP contribution in [0.4, 0.5) is 0 Å². The number of hydrogen-bond donors (Lipinski definition) is 1. The maximum Gasteiger partial charge on any atom is 0.331 e. The molecule has 0 amide bonds. The molecule has 1 unspecified atom stereocenters. The SMILES string of the molecule is CCCCCCCCC=CCCCCCCCCN(CCCCO)OC(=O)C(CCCCC)(CCCCCC)CCCCCCCC. The van der Waals surface area contributed by atoms with Crippen LogP contribution in [0.5, 0.6) is 0 Å². The van der Waals surface area contributed by atoms with Crippen molar-refractivity contribution in [3.05, 3.63) is 12.2 Å². The van der Waals surface area contributed by atoms with Gasteiger partial charge < -0.3 is 9.94 Å². The van der Waals surface area contributed by atoms with Gasteiger partial charge in [0.1, 0.15) is 0 Å². The van der Waals surface area contributed by atoms with Crippen molar-refractivity contribution in [2.24, 2.45) is 5.41 Å². The Kier molecular flexibility index (Phi) is 35.7. The van der Waals surface area contributed by atoms with Gasteiger partial charge in [0, 0.05) is 19.7 Å². The Morgan fingerprint density at radius 1 is 0.489 bits per heavy atom. The van der Waals surface area contributed by atoms with Crippen LogP contribution in [0.25, 0.3) is 0 Å². The molecule has 0 aromatic carbocycles. The molecule has 0 rings (SSSR count). The molecule has 47 heavy (non-hydrogen) atoms. The van der Waals surface area contributed by atoms with E-state index in [0.717, 1.165) is 70.9 Å². The molecule has 4 nitrogen and oxygen atoms in total. The van der Waals surface area contributed by atoms with Crippen molar-refractivity contribution in [2.75, 3.05) is 19.7 Å². The summed E-state index contributed by atoms with van der Waals surface area (Å²) < 4.78 is 0. The average molecular weight is 664 g/mol. The van der Waals surface area contributed by atoms with Gasteiger partial charge in [0.15, 0.2) is 0 Å². The van der Waals surface area contributed by atoms with Gasteiger partial charge in [0.25, 0.3) is 0 Å². The van der Waals surface area contributed by atoms with Crippen molar-refractivity contribution in [3.63, 3.8) is 0 Å². The molecule has 0 saturated heterocycles. The van der Waals surface area contributed by atoms with Crippen LogP contribution in [0.15, 0.2) is 12.2 Å². The van der Waals surface area contributed by atoms with E-state index in [9.17, 15) is 9.90 Å². The Morgan fingerprint density at radius 3 is 1.30 bits per heavy atom. The van der Waals surface area contributed by atoms with Gasteiger partial charge >= 0.3 is 5.97 Å². The van der Waals surface area contributed by atoms with Crippen LogP contribution in [0.1, 0.15) is 233 Å². The van der Waals surface area contributed by atoms with Gasteiger partial charge in [0.2, 0.25) is 0 Å². The fourth-order valence-corrected chi connectivity index (χ4v) is 6.88. The van der Waals surface area contributed by atoms with Crippen molar-refractivity contribution >= 4 is 5.97 Å². The van der Waals surface area contributed by atoms with Gasteiger partial charge in [-0.3, -0.25) is 0 Å². The van der Waals surface area contributed by atoms with Crippen molar-refractivity contribution in [3.8, 4) is 0 Å². The highest BCUT2D eigenvalue weighted by Crippen LogP contribution is 2.39. The lowest BCUT2D eigenvalue weighted by molar-refractivity contribution is -0.206.